The second-order valence-corrected chi connectivity index (χ2v) is 6.94. The smallest absolute Gasteiger partial charge is 0.334 e. The Morgan fingerprint density at radius 1 is 1.00 bits per heavy atom. The molecule has 74 valence electrons. The molecule has 0 bridgehead atoms. The molecule has 0 radical (unpaired) electrons. The molecule has 0 spiro atoms. The summed E-state index contributed by atoms with van der Waals surface area (Å²) in [5.74, 6) is 0. The molecular weight excluding hydrogens is 168 g/mol. The minimum atomic E-state index is -1.75. The molecule has 0 heterocycles. The van der Waals surface area contributed by atoms with Crippen molar-refractivity contribution < 1.29 is 8.85 Å². The molecule has 12 heavy (non-hydrogen) atoms. The summed E-state index contributed by atoms with van der Waals surface area (Å²) >= 11 is 0. The zero-order valence-corrected chi connectivity index (χ0v) is 9.85. The predicted molar refractivity (Wildman–Crippen MR) is 54.6 cm³/mol. The second-order valence-electron chi connectivity index (χ2n) is 3.35. The van der Waals surface area contributed by atoms with Crippen LogP contribution in [0.15, 0.2) is 0 Å². The molecule has 0 aromatic rings. The predicted octanol–water partition coefficient (Wildman–Crippen LogP) is 2.93. The Bertz CT molecular complexity index is 103. The summed E-state index contributed by atoms with van der Waals surface area (Å²) in [4.78, 5) is 0. The summed E-state index contributed by atoms with van der Waals surface area (Å²) in [6, 6.07) is 1.12. The normalized spacial score (nSPS) is 12.0. The van der Waals surface area contributed by atoms with Crippen molar-refractivity contribution in [1.29, 1.82) is 0 Å². The second kappa shape index (κ2) is 6.63. The third-order valence-corrected chi connectivity index (χ3v) is 5.34. The quantitative estimate of drug-likeness (QED) is 0.454. The highest BCUT2D eigenvalue weighted by Crippen LogP contribution is 2.16. The van der Waals surface area contributed by atoms with Gasteiger partial charge in [-0.05, 0) is 12.6 Å². The lowest BCUT2D eigenvalue weighted by molar-refractivity contribution is 0.248. The van der Waals surface area contributed by atoms with E-state index >= 15 is 0 Å². The van der Waals surface area contributed by atoms with E-state index in [1.807, 2.05) is 0 Å². The van der Waals surface area contributed by atoms with Crippen molar-refractivity contribution in [3.05, 3.63) is 0 Å². The monoisotopic (exact) mass is 190 g/mol. The lowest BCUT2D eigenvalue weighted by atomic mass is 10.2. The summed E-state index contributed by atoms with van der Waals surface area (Å²) < 4.78 is 10.8. The SMILES string of the molecule is CCCCCC[Si](C)(OC)OC. The fraction of sp³-hybridized carbons (Fsp3) is 1.00. The number of hydrogen-bond acceptors (Lipinski definition) is 2. The van der Waals surface area contributed by atoms with Crippen molar-refractivity contribution in [2.45, 2.75) is 45.2 Å². The maximum absolute atomic E-state index is 5.38. The van der Waals surface area contributed by atoms with E-state index in [2.05, 4.69) is 13.5 Å². The van der Waals surface area contributed by atoms with Gasteiger partial charge in [0.2, 0.25) is 0 Å². The zero-order chi connectivity index (χ0) is 9.45. The molecule has 0 saturated carbocycles. The van der Waals surface area contributed by atoms with Gasteiger partial charge in [-0.25, -0.2) is 0 Å². The molecule has 0 aliphatic carbocycles. The van der Waals surface area contributed by atoms with Gasteiger partial charge in [-0.1, -0.05) is 32.6 Å². The fourth-order valence-electron chi connectivity index (χ4n) is 1.16. The summed E-state index contributed by atoms with van der Waals surface area (Å²) in [6.07, 6.45) is 5.18. The van der Waals surface area contributed by atoms with E-state index in [-0.39, 0.29) is 0 Å². The first kappa shape index (κ1) is 12.1. The van der Waals surface area contributed by atoms with Crippen LogP contribution in [0.25, 0.3) is 0 Å². The lowest BCUT2D eigenvalue weighted by Crippen LogP contribution is -2.35. The maximum atomic E-state index is 5.38. The molecule has 0 aromatic heterocycles. The van der Waals surface area contributed by atoms with E-state index in [9.17, 15) is 0 Å². The summed E-state index contributed by atoms with van der Waals surface area (Å²) in [6.45, 7) is 4.35. The zero-order valence-electron chi connectivity index (χ0n) is 8.85. The van der Waals surface area contributed by atoms with Crippen molar-refractivity contribution in [1.82, 2.24) is 0 Å². The maximum Gasteiger partial charge on any atom is 0.334 e. The third-order valence-electron chi connectivity index (χ3n) is 2.35. The van der Waals surface area contributed by atoms with Gasteiger partial charge in [-0.2, -0.15) is 0 Å². The summed E-state index contributed by atoms with van der Waals surface area (Å²) in [5.41, 5.74) is 0. The highest BCUT2D eigenvalue weighted by Gasteiger charge is 2.27. The standard InChI is InChI=1S/C9H22O2Si/c1-5-6-7-8-9-12(4,10-2)11-3/h5-9H2,1-4H3. The average molecular weight is 190 g/mol. The van der Waals surface area contributed by atoms with Crippen molar-refractivity contribution in [3.63, 3.8) is 0 Å². The van der Waals surface area contributed by atoms with Crippen molar-refractivity contribution in [3.8, 4) is 0 Å². The first-order valence-corrected chi connectivity index (χ1v) is 7.31. The molecule has 0 saturated heterocycles. The van der Waals surface area contributed by atoms with E-state index in [4.69, 9.17) is 8.85 Å². The Morgan fingerprint density at radius 2 is 1.58 bits per heavy atom. The van der Waals surface area contributed by atoms with Gasteiger partial charge in [0.1, 0.15) is 0 Å². The van der Waals surface area contributed by atoms with Crippen LogP contribution in [-0.2, 0) is 8.85 Å². The van der Waals surface area contributed by atoms with E-state index in [1.54, 1.807) is 14.2 Å². The highest BCUT2D eigenvalue weighted by molar-refractivity contribution is 6.65. The molecule has 0 atom stereocenters. The Labute approximate surface area is 77.5 Å². The van der Waals surface area contributed by atoms with Crippen LogP contribution in [0.3, 0.4) is 0 Å². The largest absolute Gasteiger partial charge is 0.398 e. The fourth-order valence-corrected chi connectivity index (χ4v) is 2.63. The number of unbranched alkanes of at least 4 members (excludes halogenated alkanes) is 3. The van der Waals surface area contributed by atoms with Gasteiger partial charge in [0.15, 0.2) is 0 Å². The number of rotatable bonds is 7. The van der Waals surface area contributed by atoms with E-state index in [1.165, 1.54) is 25.7 Å². The van der Waals surface area contributed by atoms with Crippen LogP contribution in [-0.4, -0.2) is 22.8 Å². The van der Waals surface area contributed by atoms with Crippen LogP contribution in [0.5, 0.6) is 0 Å². The van der Waals surface area contributed by atoms with Gasteiger partial charge >= 0.3 is 8.56 Å². The van der Waals surface area contributed by atoms with Gasteiger partial charge in [0.25, 0.3) is 0 Å². The molecule has 0 aliphatic heterocycles. The van der Waals surface area contributed by atoms with Crippen LogP contribution >= 0.6 is 0 Å². The van der Waals surface area contributed by atoms with E-state index in [0.29, 0.717) is 0 Å². The van der Waals surface area contributed by atoms with Crippen LogP contribution in [0.1, 0.15) is 32.6 Å². The molecule has 2 nitrogen and oxygen atoms in total. The third kappa shape index (κ3) is 4.90. The topological polar surface area (TPSA) is 18.5 Å². The van der Waals surface area contributed by atoms with Crippen LogP contribution in [0.2, 0.25) is 12.6 Å². The van der Waals surface area contributed by atoms with Crippen LogP contribution in [0, 0.1) is 0 Å². The number of hydrogen-bond donors (Lipinski definition) is 0. The first-order chi connectivity index (χ1) is 5.68. The van der Waals surface area contributed by atoms with Gasteiger partial charge in [0.05, 0.1) is 0 Å². The summed E-state index contributed by atoms with van der Waals surface area (Å²) in [7, 11) is 1.77. The molecule has 0 rings (SSSR count). The molecule has 0 fully saturated rings. The minimum Gasteiger partial charge on any atom is -0.398 e. The Kier molecular flexibility index (Phi) is 6.71. The Balaban J connectivity index is 3.45. The molecule has 3 heteroatoms. The molecule has 0 unspecified atom stereocenters. The van der Waals surface area contributed by atoms with Gasteiger partial charge in [-0.15, -0.1) is 0 Å². The lowest BCUT2D eigenvalue weighted by Gasteiger charge is -2.22. The Hall–Kier alpha value is 0.137. The van der Waals surface area contributed by atoms with Crippen molar-refractivity contribution in [2.24, 2.45) is 0 Å². The van der Waals surface area contributed by atoms with Crippen molar-refractivity contribution >= 4 is 8.56 Å². The van der Waals surface area contributed by atoms with E-state index < -0.39 is 8.56 Å². The molecule has 0 amide bonds. The van der Waals surface area contributed by atoms with E-state index in [0.717, 1.165) is 6.04 Å². The Morgan fingerprint density at radius 3 is 2.00 bits per heavy atom. The van der Waals surface area contributed by atoms with Crippen molar-refractivity contribution in [2.75, 3.05) is 14.2 Å². The van der Waals surface area contributed by atoms with Gasteiger partial charge in [0, 0.05) is 14.2 Å². The van der Waals surface area contributed by atoms with Crippen LogP contribution in [0.4, 0.5) is 0 Å². The molecule has 0 N–H and O–H groups in total. The van der Waals surface area contributed by atoms with Gasteiger partial charge < -0.3 is 8.85 Å². The molecule has 0 aromatic carbocycles. The first-order valence-electron chi connectivity index (χ1n) is 4.79. The average Bonchev–Trinajstić information content (AvgIpc) is 2.12. The van der Waals surface area contributed by atoms with Crippen LogP contribution < -0.4 is 0 Å². The highest BCUT2D eigenvalue weighted by atomic mass is 28.4. The minimum absolute atomic E-state index is 1.12. The molecule has 0 aliphatic rings. The van der Waals surface area contributed by atoms with Gasteiger partial charge in [-0.3, -0.25) is 0 Å². The summed E-state index contributed by atoms with van der Waals surface area (Å²) in [5, 5.41) is 0. The molecular formula is C9H22O2Si.